The van der Waals surface area contributed by atoms with E-state index in [0.29, 0.717) is 6.54 Å². The van der Waals surface area contributed by atoms with Crippen molar-refractivity contribution in [2.45, 2.75) is 6.10 Å². The molecule has 4 rings (SSSR count). The zero-order valence-electron chi connectivity index (χ0n) is 16.1. The van der Waals surface area contributed by atoms with Crippen LogP contribution in [0.1, 0.15) is 0 Å². The van der Waals surface area contributed by atoms with Crippen LogP contribution < -0.4 is 9.64 Å². The van der Waals surface area contributed by atoms with Crippen molar-refractivity contribution in [3.05, 3.63) is 71.0 Å². The van der Waals surface area contributed by atoms with Gasteiger partial charge in [0.15, 0.2) is 0 Å². The number of ether oxygens (including phenoxy) is 1. The van der Waals surface area contributed by atoms with E-state index in [1.54, 1.807) is 0 Å². The predicted octanol–water partition coefficient (Wildman–Crippen LogP) is 4.30. The Kier molecular flexibility index (Phi) is 6.33. The van der Waals surface area contributed by atoms with Gasteiger partial charge in [0.05, 0.1) is 0 Å². The van der Waals surface area contributed by atoms with Crippen LogP contribution in [-0.4, -0.2) is 55.4 Å². The smallest absolute Gasteiger partial charge is 0.123 e. The maximum atomic E-state index is 13.1. The minimum atomic E-state index is -0.548. The Hall–Kier alpha value is -2.15. The van der Waals surface area contributed by atoms with Crippen LogP contribution in [0.2, 0.25) is 0 Å². The monoisotopic (exact) mass is 458 g/mol. The summed E-state index contributed by atoms with van der Waals surface area (Å²) in [5.74, 6) is 0.551. The molecular weight excluding hydrogens is 435 g/mol. The summed E-state index contributed by atoms with van der Waals surface area (Å²) in [6.07, 6.45) is -0.548. The van der Waals surface area contributed by atoms with Crippen LogP contribution in [-0.2, 0) is 0 Å². The van der Waals surface area contributed by atoms with Crippen molar-refractivity contribution in [2.24, 2.45) is 0 Å². The molecule has 1 saturated heterocycles. The van der Waals surface area contributed by atoms with Gasteiger partial charge in [-0.1, -0.05) is 28.1 Å². The van der Waals surface area contributed by atoms with E-state index in [9.17, 15) is 9.50 Å². The molecule has 1 atom stereocenters. The van der Waals surface area contributed by atoms with Gasteiger partial charge >= 0.3 is 0 Å². The quantitative estimate of drug-likeness (QED) is 0.597. The molecule has 3 aromatic rings. The van der Waals surface area contributed by atoms with Crippen molar-refractivity contribution in [3.8, 4) is 5.75 Å². The van der Waals surface area contributed by atoms with Gasteiger partial charge in [0, 0.05) is 42.9 Å². The normalized spacial score (nSPS) is 16.2. The number of aliphatic hydroxyl groups excluding tert-OH is 1. The van der Waals surface area contributed by atoms with Gasteiger partial charge in [0.25, 0.3) is 0 Å². The number of hydrogen-bond donors (Lipinski definition) is 1. The van der Waals surface area contributed by atoms with E-state index in [-0.39, 0.29) is 12.4 Å². The molecule has 29 heavy (non-hydrogen) atoms. The molecule has 152 valence electrons. The molecule has 4 nitrogen and oxygen atoms in total. The number of hydrogen-bond acceptors (Lipinski definition) is 4. The fourth-order valence-electron chi connectivity index (χ4n) is 3.67. The number of rotatable bonds is 6. The lowest BCUT2D eigenvalue weighted by Gasteiger charge is -2.36. The van der Waals surface area contributed by atoms with Gasteiger partial charge in [0.2, 0.25) is 0 Å². The molecule has 0 spiro atoms. The number of aliphatic hydroxyl groups is 1. The Balaban J connectivity index is 1.24. The first-order valence-corrected chi connectivity index (χ1v) is 10.6. The van der Waals surface area contributed by atoms with Gasteiger partial charge in [-0.05, 0) is 59.3 Å². The van der Waals surface area contributed by atoms with Crippen molar-refractivity contribution in [2.75, 3.05) is 44.2 Å². The molecule has 1 unspecified atom stereocenters. The van der Waals surface area contributed by atoms with Crippen molar-refractivity contribution in [1.82, 2.24) is 4.90 Å². The van der Waals surface area contributed by atoms with E-state index >= 15 is 0 Å². The summed E-state index contributed by atoms with van der Waals surface area (Å²) in [4.78, 5) is 4.48. The molecule has 1 aliphatic heterocycles. The van der Waals surface area contributed by atoms with Crippen LogP contribution in [0.3, 0.4) is 0 Å². The second kappa shape index (κ2) is 9.11. The highest BCUT2D eigenvalue weighted by molar-refractivity contribution is 9.10. The number of nitrogens with zero attached hydrogens (tertiary/aromatic N) is 2. The van der Waals surface area contributed by atoms with Crippen molar-refractivity contribution >= 4 is 32.4 Å². The second-order valence-electron chi connectivity index (χ2n) is 7.38. The number of β-amino-alcohol motifs (C(OH)–C–C–N with tert-alkyl or cyclic N) is 1. The van der Waals surface area contributed by atoms with Gasteiger partial charge in [-0.15, -0.1) is 0 Å². The Bertz CT molecular complexity index is 959. The summed E-state index contributed by atoms with van der Waals surface area (Å²) in [5.41, 5.74) is 1.04. The van der Waals surface area contributed by atoms with Gasteiger partial charge < -0.3 is 14.7 Å². The number of anilines is 1. The van der Waals surface area contributed by atoms with E-state index in [0.717, 1.165) is 52.9 Å². The predicted molar refractivity (Wildman–Crippen MR) is 118 cm³/mol. The zero-order valence-corrected chi connectivity index (χ0v) is 17.7. The fraction of sp³-hybridized carbons (Fsp3) is 0.304. The van der Waals surface area contributed by atoms with Gasteiger partial charge in [-0.2, -0.15) is 0 Å². The average Bonchev–Trinajstić information content (AvgIpc) is 2.73. The maximum absolute atomic E-state index is 13.1. The number of benzene rings is 3. The summed E-state index contributed by atoms with van der Waals surface area (Å²) in [6.45, 7) is 4.29. The average molecular weight is 459 g/mol. The molecule has 1 heterocycles. The Morgan fingerprint density at radius 2 is 1.62 bits per heavy atom. The minimum absolute atomic E-state index is 0.213. The lowest BCUT2D eigenvalue weighted by molar-refractivity contribution is 0.0663. The van der Waals surface area contributed by atoms with Crippen molar-refractivity contribution in [3.63, 3.8) is 0 Å². The minimum Gasteiger partial charge on any atom is -0.491 e. The SMILES string of the molecule is OC(COc1ccc2cc(Br)ccc2c1)CN1CCN(c2ccc(F)cc2)CC1. The summed E-state index contributed by atoms with van der Waals surface area (Å²) in [7, 11) is 0. The molecule has 0 bridgehead atoms. The van der Waals surface area contributed by atoms with E-state index in [1.165, 1.54) is 12.1 Å². The first kappa shape index (κ1) is 20.1. The first-order chi connectivity index (χ1) is 14.1. The summed E-state index contributed by atoms with van der Waals surface area (Å²) < 4.78 is 19.9. The number of fused-ring (bicyclic) bond motifs is 1. The van der Waals surface area contributed by atoms with Crippen molar-refractivity contribution in [1.29, 1.82) is 0 Å². The number of piperazine rings is 1. The molecule has 0 saturated carbocycles. The Labute approximate surface area is 178 Å². The van der Waals surface area contributed by atoms with Gasteiger partial charge in [-0.25, -0.2) is 4.39 Å². The maximum Gasteiger partial charge on any atom is 0.123 e. The Morgan fingerprint density at radius 3 is 2.38 bits per heavy atom. The highest BCUT2D eigenvalue weighted by Gasteiger charge is 2.20. The van der Waals surface area contributed by atoms with Crippen molar-refractivity contribution < 1.29 is 14.2 Å². The third-order valence-electron chi connectivity index (χ3n) is 5.25. The lowest BCUT2D eigenvalue weighted by Crippen LogP contribution is -2.49. The Morgan fingerprint density at radius 1 is 0.931 bits per heavy atom. The standard InChI is InChI=1S/C23H24BrFN2O2/c24-19-3-1-18-14-23(8-2-17(18)13-19)29-16-22(28)15-26-9-11-27(12-10-26)21-6-4-20(25)5-7-21/h1-8,13-14,22,28H,9-12,15-16H2. The summed E-state index contributed by atoms with van der Waals surface area (Å²) in [5, 5.41) is 12.7. The zero-order chi connectivity index (χ0) is 20.2. The molecule has 1 aliphatic rings. The molecule has 1 fully saturated rings. The second-order valence-corrected chi connectivity index (χ2v) is 8.30. The topological polar surface area (TPSA) is 35.9 Å². The molecule has 0 aromatic heterocycles. The third-order valence-corrected chi connectivity index (χ3v) is 5.74. The van der Waals surface area contributed by atoms with E-state index < -0.39 is 6.10 Å². The largest absolute Gasteiger partial charge is 0.491 e. The molecule has 3 aromatic carbocycles. The van der Waals surface area contributed by atoms with Crippen LogP contribution in [0.15, 0.2) is 65.1 Å². The van der Waals surface area contributed by atoms with Crippen LogP contribution >= 0.6 is 15.9 Å². The van der Waals surface area contributed by atoms with E-state index in [2.05, 4.69) is 31.8 Å². The lowest BCUT2D eigenvalue weighted by atomic mass is 10.1. The van der Waals surface area contributed by atoms with Crippen LogP contribution in [0, 0.1) is 5.82 Å². The first-order valence-electron chi connectivity index (χ1n) is 9.80. The fourth-order valence-corrected chi connectivity index (χ4v) is 4.05. The van der Waals surface area contributed by atoms with Gasteiger partial charge in [0.1, 0.15) is 24.3 Å². The highest BCUT2D eigenvalue weighted by Crippen LogP contribution is 2.24. The molecule has 0 aliphatic carbocycles. The molecule has 6 heteroatoms. The summed E-state index contributed by atoms with van der Waals surface area (Å²) >= 11 is 3.48. The van der Waals surface area contributed by atoms with Crippen LogP contribution in [0.25, 0.3) is 10.8 Å². The third kappa shape index (κ3) is 5.26. The molecular formula is C23H24BrFN2O2. The van der Waals surface area contributed by atoms with Crippen LogP contribution in [0.4, 0.5) is 10.1 Å². The van der Waals surface area contributed by atoms with E-state index in [1.807, 2.05) is 42.5 Å². The number of halogens is 2. The van der Waals surface area contributed by atoms with Crippen LogP contribution in [0.5, 0.6) is 5.75 Å². The van der Waals surface area contributed by atoms with E-state index in [4.69, 9.17) is 4.74 Å². The molecule has 0 radical (unpaired) electrons. The van der Waals surface area contributed by atoms with Gasteiger partial charge in [-0.3, -0.25) is 4.90 Å². The molecule has 0 amide bonds. The summed E-state index contributed by atoms with van der Waals surface area (Å²) in [6, 6.07) is 18.7. The highest BCUT2D eigenvalue weighted by atomic mass is 79.9. The molecule has 1 N–H and O–H groups in total.